The van der Waals surface area contributed by atoms with Crippen LogP contribution in [0.15, 0.2) is 54.6 Å². The number of anilines is 1. The van der Waals surface area contributed by atoms with E-state index in [1.807, 2.05) is 30.3 Å². The molecule has 1 atom stereocenters. The zero-order chi connectivity index (χ0) is 22.0. The molecule has 1 aromatic heterocycles. The van der Waals surface area contributed by atoms with E-state index in [9.17, 15) is 13.2 Å². The molecule has 0 bridgehead atoms. The lowest BCUT2D eigenvalue weighted by molar-refractivity contribution is 0.102. The Balaban J connectivity index is 1.66. The zero-order valence-electron chi connectivity index (χ0n) is 17.2. The predicted molar refractivity (Wildman–Crippen MR) is 117 cm³/mol. The fraction of sp³-hybridized carbons (Fsp3) is 0.273. The molecule has 1 aliphatic heterocycles. The SMILES string of the molecule is COc1ccc(NC(=O)c2cc(-c3ccccc3)n([C@H]3CCS(=O)(=O)C3)n2)cc1OC. The molecule has 2 heterocycles. The number of rotatable bonds is 6. The second-order valence-corrected chi connectivity index (χ2v) is 9.53. The number of aromatic nitrogens is 2. The van der Waals surface area contributed by atoms with Crippen molar-refractivity contribution >= 4 is 21.4 Å². The van der Waals surface area contributed by atoms with Crippen LogP contribution in [0.2, 0.25) is 0 Å². The molecule has 1 amide bonds. The lowest BCUT2D eigenvalue weighted by Gasteiger charge is -2.13. The summed E-state index contributed by atoms with van der Waals surface area (Å²) in [5.41, 5.74) is 2.31. The standard InChI is InChI=1S/C22H23N3O5S/c1-29-20-9-8-16(12-21(20)30-2)23-22(26)18-13-19(15-6-4-3-5-7-15)25(24-18)17-10-11-31(27,28)14-17/h3-9,12-13,17H,10-11,14H2,1-2H3,(H,23,26)/t17-/m0/s1. The number of methoxy groups -OCH3 is 2. The van der Waals surface area contributed by atoms with Gasteiger partial charge in [-0.25, -0.2) is 8.42 Å². The fourth-order valence-electron chi connectivity index (χ4n) is 3.69. The smallest absolute Gasteiger partial charge is 0.276 e. The number of carbonyl (C=O) groups excluding carboxylic acids is 1. The maximum absolute atomic E-state index is 12.9. The van der Waals surface area contributed by atoms with Crippen molar-refractivity contribution in [3.05, 3.63) is 60.3 Å². The molecule has 9 heteroatoms. The normalized spacial score (nSPS) is 17.3. The fourth-order valence-corrected chi connectivity index (χ4v) is 5.38. The van der Waals surface area contributed by atoms with Crippen LogP contribution in [0, 0.1) is 0 Å². The molecule has 0 radical (unpaired) electrons. The number of nitrogens with one attached hydrogen (secondary N) is 1. The maximum Gasteiger partial charge on any atom is 0.276 e. The van der Waals surface area contributed by atoms with Crippen LogP contribution in [0.3, 0.4) is 0 Å². The molecule has 0 saturated carbocycles. The Hall–Kier alpha value is -3.33. The molecule has 0 unspecified atom stereocenters. The van der Waals surface area contributed by atoms with Gasteiger partial charge < -0.3 is 14.8 Å². The van der Waals surface area contributed by atoms with Crippen LogP contribution < -0.4 is 14.8 Å². The molecule has 162 valence electrons. The highest BCUT2D eigenvalue weighted by molar-refractivity contribution is 7.91. The van der Waals surface area contributed by atoms with Crippen LogP contribution >= 0.6 is 0 Å². The molecule has 0 aliphatic carbocycles. The Morgan fingerprint density at radius 1 is 1.06 bits per heavy atom. The van der Waals surface area contributed by atoms with Gasteiger partial charge in [-0.1, -0.05) is 30.3 Å². The summed E-state index contributed by atoms with van der Waals surface area (Å²) in [6.07, 6.45) is 0.473. The summed E-state index contributed by atoms with van der Waals surface area (Å²) < 4.78 is 36.2. The molecule has 1 fully saturated rings. The lowest BCUT2D eigenvalue weighted by Crippen LogP contribution is -2.16. The van der Waals surface area contributed by atoms with E-state index in [4.69, 9.17) is 9.47 Å². The van der Waals surface area contributed by atoms with Crippen LogP contribution in [-0.2, 0) is 9.84 Å². The molecule has 0 spiro atoms. The van der Waals surface area contributed by atoms with E-state index in [0.717, 1.165) is 5.56 Å². The van der Waals surface area contributed by atoms with E-state index in [0.29, 0.717) is 29.3 Å². The van der Waals surface area contributed by atoms with Crippen molar-refractivity contribution in [3.8, 4) is 22.8 Å². The third kappa shape index (κ3) is 4.41. The first-order valence-corrected chi connectivity index (χ1v) is 11.6. The summed E-state index contributed by atoms with van der Waals surface area (Å²) in [7, 11) is -0.0441. The third-order valence-electron chi connectivity index (χ3n) is 5.23. The average molecular weight is 442 g/mol. The van der Waals surface area contributed by atoms with Gasteiger partial charge in [0, 0.05) is 11.8 Å². The summed E-state index contributed by atoms with van der Waals surface area (Å²) in [4.78, 5) is 12.9. The monoisotopic (exact) mass is 441 g/mol. The van der Waals surface area contributed by atoms with Crippen LogP contribution in [0.25, 0.3) is 11.3 Å². The van der Waals surface area contributed by atoms with Crippen molar-refractivity contribution in [2.24, 2.45) is 0 Å². The Bertz CT molecular complexity index is 1210. The number of nitrogens with zero attached hydrogens (tertiary/aromatic N) is 2. The predicted octanol–water partition coefficient (Wildman–Crippen LogP) is 3.18. The van der Waals surface area contributed by atoms with Crippen LogP contribution in [0.5, 0.6) is 11.5 Å². The molecule has 1 saturated heterocycles. The Kier molecular flexibility index (Phi) is 5.69. The van der Waals surface area contributed by atoms with Gasteiger partial charge in [-0.2, -0.15) is 5.10 Å². The van der Waals surface area contributed by atoms with Gasteiger partial charge in [-0.05, 0) is 30.2 Å². The first-order valence-electron chi connectivity index (χ1n) is 9.79. The topological polar surface area (TPSA) is 99.5 Å². The molecular formula is C22H23N3O5S. The van der Waals surface area contributed by atoms with Gasteiger partial charge in [0.25, 0.3) is 5.91 Å². The molecule has 4 rings (SSSR count). The largest absolute Gasteiger partial charge is 0.493 e. The summed E-state index contributed by atoms with van der Waals surface area (Å²) in [6, 6.07) is 16.0. The summed E-state index contributed by atoms with van der Waals surface area (Å²) in [5, 5.41) is 7.31. The van der Waals surface area contributed by atoms with Gasteiger partial charge >= 0.3 is 0 Å². The minimum Gasteiger partial charge on any atom is -0.493 e. The molecule has 2 aromatic carbocycles. The van der Waals surface area contributed by atoms with Crippen LogP contribution in [-0.4, -0.2) is 49.8 Å². The molecule has 8 nitrogen and oxygen atoms in total. The minimum atomic E-state index is -3.10. The van der Waals surface area contributed by atoms with E-state index in [-0.39, 0.29) is 23.2 Å². The number of ether oxygens (including phenoxy) is 2. The van der Waals surface area contributed by atoms with Gasteiger partial charge in [0.2, 0.25) is 0 Å². The number of carbonyl (C=O) groups is 1. The van der Waals surface area contributed by atoms with Crippen LogP contribution in [0.1, 0.15) is 23.0 Å². The average Bonchev–Trinajstić information content (AvgIpc) is 3.37. The van der Waals surface area contributed by atoms with Gasteiger partial charge in [-0.3, -0.25) is 9.48 Å². The zero-order valence-corrected chi connectivity index (χ0v) is 18.1. The molecule has 1 N–H and O–H groups in total. The number of amides is 1. The van der Waals surface area contributed by atoms with Gasteiger partial charge in [-0.15, -0.1) is 0 Å². The Morgan fingerprint density at radius 3 is 2.45 bits per heavy atom. The van der Waals surface area contributed by atoms with E-state index < -0.39 is 15.7 Å². The Labute approximate surface area is 180 Å². The highest BCUT2D eigenvalue weighted by Gasteiger charge is 2.32. The van der Waals surface area contributed by atoms with Crippen molar-refractivity contribution in [2.75, 3.05) is 31.0 Å². The number of hydrogen-bond donors (Lipinski definition) is 1. The number of hydrogen-bond acceptors (Lipinski definition) is 6. The van der Waals surface area contributed by atoms with Crippen molar-refractivity contribution in [1.82, 2.24) is 9.78 Å². The van der Waals surface area contributed by atoms with E-state index >= 15 is 0 Å². The van der Waals surface area contributed by atoms with Gasteiger partial charge in [0.05, 0.1) is 37.5 Å². The highest BCUT2D eigenvalue weighted by Crippen LogP contribution is 2.32. The molecule has 31 heavy (non-hydrogen) atoms. The van der Waals surface area contributed by atoms with Crippen molar-refractivity contribution in [3.63, 3.8) is 0 Å². The van der Waals surface area contributed by atoms with E-state index in [1.54, 1.807) is 28.9 Å². The van der Waals surface area contributed by atoms with Gasteiger partial charge in [0.15, 0.2) is 27.0 Å². The molecule has 1 aliphatic rings. The lowest BCUT2D eigenvalue weighted by atomic mass is 10.1. The molecule has 3 aromatic rings. The second-order valence-electron chi connectivity index (χ2n) is 7.31. The second kappa shape index (κ2) is 8.43. The third-order valence-corrected chi connectivity index (χ3v) is 6.98. The quantitative estimate of drug-likeness (QED) is 0.631. The van der Waals surface area contributed by atoms with E-state index in [2.05, 4.69) is 10.4 Å². The van der Waals surface area contributed by atoms with Gasteiger partial charge in [0.1, 0.15) is 0 Å². The number of sulfone groups is 1. The highest BCUT2D eigenvalue weighted by atomic mass is 32.2. The summed E-state index contributed by atoms with van der Waals surface area (Å²) in [6.45, 7) is 0. The first-order chi connectivity index (χ1) is 14.9. The van der Waals surface area contributed by atoms with Crippen molar-refractivity contribution in [1.29, 1.82) is 0 Å². The van der Waals surface area contributed by atoms with Crippen LogP contribution in [0.4, 0.5) is 5.69 Å². The van der Waals surface area contributed by atoms with E-state index in [1.165, 1.54) is 14.2 Å². The summed E-state index contributed by atoms with van der Waals surface area (Å²) >= 11 is 0. The first kappa shape index (κ1) is 20.9. The minimum absolute atomic E-state index is 0.0191. The molecular weight excluding hydrogens is 418 g/mol. The number of benzene rings is 2. The maximum atomic E-state index is 12.9. The Morgan fingerprint density at radius 2 is 1.81 bits per heavy atom. The summed E-state index contributed by atoms with van der Waals surface area (Å²) in [5.74, 6) is 0.791. The van der Waals surface area contributed by atoms with Crippen molar-refractivity contribution < 1.29 is 22.7 Å². The van der Waals surface area contributed by atoms with Crippen molar-refractivity contribution in [2.45, 2.75) is 12.5 Å².